The molecule has 2 aromatic carbocycles. The van der Waals surface area contributed by atoms with Crippen molar-refractivity contribution in [1.82, 2.24) is 14.7 Å². The molecule has 4 rings (SSSR count). The van der Waals surface area contributed by atoms with Crippen LogP contribution in [0.3, 0.4) is 0 Å². The van der Waals surface area contributed by atoms with Crippen molar-refractivity contribution >= 4 is 16.7 Å². The summed E-state index contributed by atoms with van der Waals surface area (Å²) < 4.78 is 1.33. The fourth-order valence-corrected chi connectivity index (χ4v) is 4.10. The molecule has 28 heavy (non-hydrogen) atoms. The zero-order valence-corrected chi connectivity index (χ0v) is 16.2. The Morgan fingerprint density at radius 1 is 1.00 bits per heavy atom. The third kappa shape index (κ3) is 3.84. The van der Waals surface area contributed by atoms with Gasteiger partial charge in [0.25, 0.3) is 5.56 Å². The molecule has 0 radical (unpaired) electrons. The monoisotopic (exact) mass is 375 g/mol. The van der Waals surface area contributed by atoms with Gasteiger partial charge < -0.3 is 4.90 Å². The van der Waals surface area contributed by atoms with E-state index in [1.165, 1.54) is 10.2 Å². The van der Waals surface area contributed by atoms with Crippen LogP contribution in [-0.2, 0) is 24.7 Å². The van der Waals surface area contributed by atoms with E-state index in [1.807, 2.05) is 29.2 Å². The smallest absolute Gasteiger partial charge is 0.274 e. The summed E-state index contributed by atoms with van der Waals surface area (Å²) in [4.78, 5) is 27.1. The lowest BCUT2D eigenvalue weighted by molar-refractivity contribution is -0.131. The molecule has 0 unspecified atom stereocenters. The first-order valence-electron chi connectivity index (χ1n) is 9.88. The maximum atomic E-state index is 12.9. The second-order valence-corrected chi connectivity index (χ2v) is 7.61. The minimum atomic E-state index is -0.131. The summed E-state index contributed by atoms with van der Waals surface area (Å²) in [5, 5.41) is 5.75. The molecule has 0 aliphatic carbocycles. The van der Waals surface area contributed by atoms with Crippen LogP contribution in [0, 0.1) is 5.92 Å². The third-order valence-corrected chi connectivity index (χ3v) is 5.69. The number of aryl methyl sites for hydroxylation is 1. The van der Waals surface area contributed by atoms with Gasteiger partial charge in [0.2, 0.25) is 5.91 Å². The van der Waals surface area contributed by atoms with Crippen LogP contribution in [0.1, 0.15) is 24.1 Å². The number of nitrogens with zero attached hydrogens (tertiary/aromatic N) is 3. The number of piperidine rings is 1. The Morgan fingerprint density at radius 2 is 1.64 bits per heavy atom. The number of fused-ring (bicyclic) bond motifs is 1. The minimum Gasteiger partial charge on any atom is -0.342 e. The Bertz CT molecular complexity index is 1030. The van der Waals surface area contributed by atoms with E-state index in [2.05, 4.69) is 29.4 Å². The second kappa shape index (κ2) is 7.97. The molecule has 0 bridgehead atoms. The number of rotatable bonds is 4. The average Bonchev–Trinajstić information content (AvgIpc) is 2.73. The van der Waals surface area contributed by atoms with Crippen molar-refractivity contribution in [3.05, 3.63) is 76.2 Å². The summed E-state index contributed by atoms with van der Waals surface area (Å²) in [5.74, 6) is 0.720. The molecule has 1 amide bonds. The van der Waals surface area contributed by atoms with Crippen LogP contribution >= 0.6 is 0 Å². The normalized spacial score (nSPS) is 15.1. The van der Waals surface area contributed by atoms with Crippen LogP contribution < -0.4 is 5.56 Å². The molecule has 0 atom stereocenters. The van der Waals surface area contributed by atoms with Crippen molar-refractivity contribution in [3.8, 4) is 0 Å². The minimum absolute atomic E-state index is 0.0921. The summed E-state index contributed by atoms with van der Waals surface area (Å²) in [5.41, 5.74) is 1.91. The molecule has 1 saturated heterocycles. The summed E-state index contributed by atoms with van der Waals surface area (Å²) in [6, 6.07) is 17.9. The number of benzene rings is 2. The lowest BCUT2D eigenvalue weighted by Crippen LogP contribution is -2.40. The second-order valence-electron chi connectivity index (χ2n) is 7.61. The average molecular weight is 375 g/mol. The Balaban J connectivity index is 1.42. The Kier molecular flexibility index (Phi) is 5.24. The molecular formula is C23H25N3O2. The molecule has 0 N–H and O–H groups in total. The predicted octanol–water partition coefficient (Wildman–Crippen LogP) is 2.96. The topological polar surface area (TPSA) is 55.2 Å². The van der Waals surface area contributed by atoms with Gasteiger partial charge >= 0.3 is 0 Å². The van der Waals surface area contributed by atoms with Crippen LogP contribution in [0.2, 0.25) is 0 Å². The quantitative estimate of drug-likeness (QED) is 0.704. The standard InChI is InChI=1S/C23H25N3O2/c1-25-23(28)20-10-6-5-9-19(20)21(24-25)16-22(27)26-13-11-18(12-14-26)15-17-7-3-2-4-8-17/h2-10,18H,11-16H2,1H3. The lowest BCUT2D eigenvalue weighted by atomic mass is 9.90. The lowest BCUT2D eigenvalue weighted by Gasteiger charge is -2.32. The van der Waals surface area contributed by atoms with Gasteiger partial charge in [-0.1, -0.05) is 48.5 Å². The van der Waals surface area contributed by atoms with E-state index in [9.17, 15) is 9.59 Å². The van der Waals surface area contributed by atoms with Gasteiger partial charge in [-0.3, -0.25) is 9.59 Å². The van der Waals surface area contributed by atoms with Crippen LogP contribution in [0.15, 0.2) is 59.4 Å². The number of amides is 1. The number of carbonyl (C=O) groups is 1. The first-order chi connectivity index (χ1) is 13.6. The van der Waals surface area contributed by atoms with E-state index in [0.29, 0.717) is 17.0 Å². The highest BCUT2D eigenvalue weighted by Crippen LogP contribution is 2.22. The van der Waals surface area contributed by atoms with Crippen LogP contribution in [0.4, 0.5) is 0 Å². The van der Waals surface area contributed by atoms with E-state index < -0.39 is 0 Å². The molecule has 1 aromatic heterocycles. The van der Waals surface area contributed by atoms with Crippen molar-refractivity contribution in [2.24, 2.45) is 13.0 Å². The molecule has 144 valence electrons. The van der Waals surface area contributed by atoms with E-state index in [4.69, 9.17) is 0 Å². The van der Waals surface area contributed by atoms with Crippen molar-refractivity contribution in [2.45, 2.75) is 25.7 Å². The van der Waals surface area contributed by atoms with Crippen molar-refractivity contribution in [1.29, 1.82) is 0 Å². The highest BCUT2D eigenvalue weighted by atomic mass is 16.2. The Morgan fingerprint density at radius 3 is 2.36 bits per heavy atom. The van der Waals surface area contributed by atoms with Gasteiger partial charge in [0.05, 0.1) is 17.5 Å². The van der Waals surface area contributed by atoms with Crippen molar-refractivity contribution < 1.29 is 4.79 Å². The fraction of sp³-hybridized carbons (Fsp3) is 0.348. The first kappa shape index (κ1) is 18.4. The maximum absolute atomic E-state index is 12.9. The van der Waals surface area contributed by atoms with Gasteiger partial charge in [-0.15, -0.1) is 0 Å². The highest BCUT2D eigenvalue weighted by molar-refractivity contribution is 5.88. The number of carbonyl (C=O) groups excluding carboxylic acids is 1. The van der Waals surface area contributed by atoms with E-state index in [0.717, 1.165) is 37.7 Å². The molecule has 5 heteroatoms. The molecule has 1 aliphatic heterocycles. The molecular weight excluding hydrogens is 350 g/mol. The molecule has 1 aliphatic rings. The highest BCUT2D eigenvalue weighted by Gasteiger charge is 2.24. The van der Waals surface area contributed by atoms with Gasteiger partial charge in [-0.25, -0.2) is 4.68 Å². The summed E-state index contributed by atoms with van der Waals surface area (Å²) >= 11 is 0. The van der Waals surface area contributed by atoms with E-state index in [1.54, 1.807) is 13.1 Å². The largest absolute Gasteiger partial charge is 0.342 e. The molecule has 2 heterocycles. The Labute approximate surface area is 164 Å². The fourth-order valence-electron chi connectivity index (χ4n) is 4.10. The van der Waals surface area contributed by atoms with Crippen LogP contribution in [0.5, 0.6) is 0 Å². The SMILES string of the molecule is Cn1nc(CC(=O)N2CCC(Cc3ccccc3)CC2)c2ccccc2c1=O. The van der Waals surface area contributed by atoms with E-state index in [-0.39, 0.29) is 17.9 Å². The van der Waals surface area contributed by atoms with Gasteiger partial charge in [0, 0.05) is 25.5 Å². The summed E-state index contributed by atoms with van der Waals surface area (Å²) in [6.45, 7) is 1.58. The van der Waals surface area contributed by atoms with Crippen molar-refractivity contribution in [2.75, 3.05) is 13.1 Å². The van der Waals surface area contributed by atoms with Gasteiger partial charge in [-0.2, -0.15) is 5.10 Å². The number of aromatic nitrogens is 2. The van der Waals surface area contributed by atoms with Gasteiger partial charge in [-0.05, 0) is 36.8 Å². The zero-order valence-electron chi connectivity index (χ0n) is 16.2. The molecule has 3 aromatic rings. The molecule has 1 fully saturated rings. The predicted molar refractivity (Wildman–Crippen MR) is 110 cm³/mol. The van der Waals surface area contributed by atoms with E-state index >= 15 is 0 Å². The Hall–Kier alpha value is -2.95. The summed E-state index contributed by atoms with van der Waals surface area (Å²) in [7, 11) is 1.64. The van der Waals surface area contributed by atoms with Crippen molar-refractivity contribution in [3.63, 3.8) is 0 Å². The number of hydrogen-bond donors (Lipinski definition) is 0. The number of hydrogen-bond acceptors (Lipinski definition) is 3. The van der Waals surface area contributed by atoms with Crippen LogP contribution in [-0.4, -0.2) is 33.7 Å². The zero-order chi connectivity index (χ0) is 19.5. The summed E-state index contributed by atoms with van der Waals surface area (Å²) in [6.07, 6.45) is 3.37. The first-order valence-corrected chi connectivity index (χ1v) is 9.88. The molecule has 5 nitrogen and oxygen atoms in total. The maximum Gasteiger partial charge on any atom is 0.274 e. The molecule has 0 saturated carbocycles. The van der Waals surface area contributed by atoms with Gasteiger partial charge in [0.1, 0.15) is 0 Å². The van der Waals surface area contributed by atoms with Crippen LogP contribution in [0.25, 0.3) is 10.8 Å². The third-order valence-electron chi connectivity index (χ3n) is 5.69. The number of likely N-dealkylation sites (tertiary alicyclic amines) is 1. The van der Waals surface area contributed by atoms with Gasteiger partial charge in [0.15, 0.2) is 0 Å². The molecule has 0 spiro atoms.